The molecule has 1 aliphatic rings. The molecule has 1 rings (SSSR count). The van der Waals surface area contributed by atoms with Gasteiger partial charge in [-0.3, -0.25) is 4.99 Å². The molecule has 5 heteroatoms. The maximum absolute atomic E-state index is 5.99. The van der Waals surface area contributed by atoms with Crippen LogP contribution in [0.25, 0.3) is 0 Å². The lowest BCUT2D eigenvalue weighted by molar-refractivity contribution is 0.0310. The van der Waals surface area contributed by atoms with Gasteiger partial charge in [-0.15, -0.1) is 0 Å². The summed E-state index contributed by atoms with van der Waals surface area (Å²) in [5, 5.41) is 6.59. The number of ether oxygens (including phenoxy) is 2. The molecule has 0 aliphatic heterocycles. The predicted octanol–water partition coefficient (Wildman–Crippen LogP) is 2.71. The number of guanidine groups is 1. The van der Waals surface area contributed by atoms with Crippen molar-refractivity contribution >= 4 is 5.96 Å². The molecule has 0 aromatic carbocycles. The highest BCUT2D eigenvalue weighted by Crippen LogP contribution is 2.19. The smallest absolute Gasteiger partial charge is 0.191 e. The Balaban J connectivity index is 2.26. The van der Waals surface area contributed by atoms with Crippen LogP contribution in [-0.2, 0) is 9.47 Å². The Labute approximate surface area is 136 Å². The number of methoxy groups -OCH3 is 1. The van der Waals surface area contributed by atoms with E-state index in [1.165, 1.54) is 38.5 Å². The van der Waals surface area contributed by atoms with E-state index < -0.39 is 0 Å². The van der Waals surface area contributed by atoms with Crippen LogP contribution in [0.3, 0.4) is 0 Å². The van der Waals surface area contributed by atoms with Gasteiger partial charge >= 0.3 is 0 Å². The molecule has 1 fully saturated rings. The van der Waals surface area contributed by atoms with Crippen molar-refractivity contribution in [2.24, 2.45) is 4.99 Å². The van der Waals surface area contributed by atoms with Crippen molar-refractivity contribution in [3.63, 3.8) is 0 Å². The molecule has 22 heavy (non-hydrogen) atoms. The van der Waals surface area contributed by atoms with Crippen LogP contribution in [0.4, 0.5) is 0 Å². The second kappa shape index (κ2) is 10.8. The molecule has 1 aliphatic carbocycles. The minimum Gasteiger partial charge on any atom is -0.377 e. The van der Waals surface area contributed by atoms with E-state index in [-0.39, 0.29) is 5.60 Å². The van der Waals surface area contributed by atoms with Gasteiger partial charge in [-0.1, -0.05) is 25.7 Å². The summed E-state index contributed by atoms with van der Waals surface area (Å²) >= 11 is 0. The quantitative estimate of drug-likeness (QED) is 0.313. The standard InChI is InChI=1S/C17H35N3O2/c1-5-18-16(20-14-17(2,3)21-4)19-12-13-22-15-10-8-6-7-9-11-15/h15H,5-14H2,1-4H3,(H2,18,19,20). The summed E-state index contributed by atoms with van der Waals surface area (Å²) < 4.78 is 11.4. The van der Waals surface area contributed by atoms with Gasteiger partial charge in [-0.25, -0.2) is 0 Å². The fourth-order valence-corrected chi connectivity index (χ4v) is 2.48. The van der Waals surface area contributed by atoms with E-state index >= 15 is 0 Å². The second-order valence-electron chi connectivity index (χ2n) is 6.57. The van der Waals surface area contributed by atoms with Crippen LogP contribution in [0.5, 0.6) is 0 Å². The molecule has 0 saturated heterocycles. The zero-order valence-corrected chi connectivity index (χ0v) is 14.9. The summed E-state index contributed by atoms with van der Waals surface area (Å²) in [4.78, 5) is 4.57. The number of hydrogen-bond acceptors (Lipinski definition) is 3. The lowest BCUT2D eigenvalue weighted by atomic mass is 10.1. The van der Waals surface area contributed by atoms with Crippen molar-refractivity contribution in [2.75, 3.05) is 33.4 Å². The average Bonchev–Trinajstić information content (AvgIpc) is 2.78. The Morgan fingerprint density at radius 2 is 1.82 bits per heavy atom. The van der Waals surface area contributed by atoms with Gasteiger partial charge in [0.1, 0.15) is 0 Å². The van der Waals surface area contributed by atoms with Gasteiger partial charge in [0, 0.05) is 20.2 Å². The van der Waals surface area contributed by atoms with E-state index in [0.717, 1.165) is 25.7 Å². The summed E-state index contributed by atoms with van der Waals surface area (Å²) in [5.41, 5.74) is -0.237. The van der Waals surface area contributed by atoms with Crippen LogP contribution in [0.2, 0.25) is 0 Å². The Hall–Kier alpha value is -0.810. The average molecular weight is 313 g/mol. The predicted molar refractivity (Wildman–Crippen MR) is 92.5 cm³/mol. The molecule has 0 spiro atoms. The molecule has 0 amide bonds. The topological polar surface area (TPSA) is 54.9 Å². The molecular weight excluding hydrogens is 278 g/mol. The first kappa shape index (κ1) is 19.2. The van der Waals surface area contributed by atoms with E-state index in [1.54, 1.807) is 7.11 Å². The zero-order chi connectivity index (χ0) is 16.3. The molecule has 0 aromatic heterocycles. The largest absolute Gasteiger partial charge is 0.377 e. The zero-order valence-electron chi connectivity index (χ0n) is 14.9. The minimum absolute atomic E-state index is 0.237. The van der Waals surface area contributed by atoms with Gasteiger partial charge in [-0.2, -0.15) is 0 Å². The van der Waals surface area contributed by atoms with Gasteiger partial charge in [0.25, 0.3) is 0 Å². The normalized spacial score (nSPS) is 18.1. The Morgan fingerprint density at radius 1 is 1.14 bits per heavy atom. The van der Waals surface area contributed by atoms with Crippen molar-refractivity contribution in [3.8, 4) is 0 Å². The second-order valence-corrected chi connectivity index (χ2v) is 6.57. The lowest BCUT2D eigenvalue weighted by Gasteiger charge is -2.21. The van der Waals surface area contributed by atoms with Crippen molar-refractivity contribution in [2.45, 2.75) is 71.0 Å². The first-order valence-electron chi connectivity index (χ1n) is 8.76. The fourth-order valence-electron chi connectivity index (χ4n) is 2.48. The summed E-state index contributed by atoms with van der Waals surface area (Å²) in [7, 11) is 1.72. The van der Waals surface area contributed by atoms with Crippen molar-refractivity contribution in [1.82, 2.24) is 10.6 Å². The third-order valence-electron chi connectivity index (χ3n) is 4.07. The molecule has 0 atom stereocenters. The maximum atomic E-state index is 5.99. The highest BCUT2D eigenvalue weighted by Gasteiger charge is 2.16. The third kappa shape index (κ3) is 8.59. The van der Waals surface area contributed by atoms with Crippen LogP contribution in [0.1, 0.15) is 59.3 Å². The maximum Gasteiger partial charge on any atom is 0.191 e. The third-order valence-corrected chi connectivity index (χ3v) is 4.07. The monoisotopic (exact) mass is 313 g/mol. The number of nitrogens with zero attached hydrogens (tertiary/aromatic N) is 1. The molecule has 0 heterocycles. The molecular formula is C17H35N3O2. The number of hydrogen-bond donors (Lipinski definition) is 2. The van der Waals surface area contributed by atoms with Gasteiger partial charge in [-0.05, 0) is 33.6 Å². The SMILES string of the molecule is CCNC(=NCC(C)(C)OC)NCCOC1CCCCCC1. The van der Waals surface area contributed by atoms with Gasteiger partial charge in [0.2, 0.25) is 0 Å². The summed E-state index contributed by atoms with van der Waals surface area (Å²) in [6, 6.07) is 0. The van der Waals surface area contributed by atoms with Crippen LogP contribution in [-0.4, -0.2) is 51.0 Å². The summed E-state index contributed by atoms with van der Waals surface area (Å²) in [6.45, 7) is 9.15. The summed E-state index contributed by atoms with van der Waals surface area (Å²) in [5.74, 6) is 0.831. The van der Waals surface area contributed by atoms with E-state index in [4.69, 9.17) is 9.47 Å². The molecule has 2 N–H and O–H groups in total. The van der Waals surface area contributed by atoms with Crippen molar-refractivity contribution in [1.29, 1.82) is 0 Å². The lowest BCUT2D eigenvalue weighted by Crippen LogP contribution is -2.40. The van der Waals surface area contributed by atoms with Gasteiger partial charge in [0.15, 0.2) is 5.96 Å². The Morgan fingerprint density at radius 3 is 2.41 bits per heavy atom. The van der Waals surface area contributed by atoms with Gasteiger partial charge < -0.3 is 20.1 Å². The molecule has 0 radical (unpaired) electrons. The number of aliphatic imine (C=N–C) groups is 1. The Kier molecular flexibility index (Phi) is 9.48. The fraction of sp³-hybridized carbons (Fsp3) is 0.941. The van der Waals surface area contributed by atoms with Crippen molar-refractivity contribution in [3.05, 3.63) is 0 Å². The first-order chi connectivity index (χ1) is 10.6. The van der Waals surface area contributed by atoms with Gasteiger partial charge in [0.05, 0.1) is 24.9 Å². The van der Waals surface area contributed by atoms with E-state index in [0.29, 0.717) is 12.6 Å². The molecule has 0 bridgehead atoms. The van der Waals surface area contributed by atoms with E-state index in [9.17, 15) is 0 Å². The van der Waals surface area contributed by atoms with Crippen LogP contribution in [0.15, 0.2) is 4.99 Å². The molecule has 5 nitrogen and oxygen atoms in total. The minimum atomic E-state index is -0.237. The number of nitrogens with one attached hydrogen (secondary N) is 2. The molecule has 0 unspecified atom stereocenters. The first-order valence-corrected chi connectivity index (χ1v) is 8.76. The highest BCUT2D eigenvalue weighted by molar-refractivity contribution is 5.79. The number of rotatable bonds is 8. The van der Waals surface area contributed by atoms with Crippen LogP contribution >= 0.6 is 0 Å². The van der Waals surface area contributed by atoms with Crippen molar-refractivity contribution < 1.29 is 9.47 Å². The van der Waals surface area contributed by atoms with E-state index in [1.807, 2.05) is 13.8 Å². The van der Waals surface area contributed by atoms with E-state index in [2.05, 4.69) is 22.5 Å². The van der Waals surface area contributed by atoms with Crippen LogP contribution < -0.4 is 10.6 Å². The summed E-state index contributed by atoms with van der Waals surface area (Å²) in [6.07, 6.45) is 8.25. The van der Waals surface area contributed by atoms with Crippen LogP contribution in [0, 0.1) is 0 Å². The molecule has 130 valence electrons. The molecule has 0 aromatic rings. The highest BCUT2D eigenvalue weighted by atomic mass is 16.5. The Bertz CT molecular complexity index is 311. The molecule has 1 saturated carbocycles.